The van der Waals surface area contributed by atoms with Crippen LogP contribution in [-0.2, 0) is 7.05 Å². The number of carbonyl (C=O) groups excluding carboxylic acids is 1. The summed E-state index contributed by atoms with van der Waals surface area (Å²) in [6.07, 6.45) is 6.20. The molecule has 6 heteroatoms. The van der Waals surface area contributed by atoms with Crippen molar-refractivity contribution in [1.82, 2.24) is 20.0 Å². The molecule has 1 aromatic heterocycles. The summed E-state index contributed by atoms with van der Waals surface area (Å²) in [5.74, 6) is 0.316. The van der Waals surface area contributed by atoms with Crippen LogP contribution >= 0.6 is 0 Å². The normalized spacial score (nSPS) is 23.6. The van der Waals surface area contributed by atoms with Gasteiger partial charge in [0.15, 0.2) is 5.69 Å². The van der Waals surface area contributed by atoms with Crippen LogP contribution in [-0.4, -0.2) is 46.3 Å². The number of benzene rings is 1. The molecule has 0 saturated carbocycles. The van der Waals surface area contributed by atoms with Gasteiger partial charge < -0.3 is 10.2 Å². The molecule has 138 valence electrons. The first-order valence-corrected chi connectivity index (χ1v) is 9.63. The van der Waals surface area contributed by atoms with Gasteiger partial charge in [-0.3, -0.25) is 9.59 Å². The van der Waals surface area contributed by atoms with E-state index in [9.17, 15) is 9.59 Å². The maximum Gasteiger partial charge on any atom is 0.274 e. The highest BCUT2D eigenvalue weighted by Crippen LogP contribution is 2.30. The Labute approximate surface area is 153 Å². The lowest BCUT2D eigenvalue weighted by Gasteiger charge is -2.44. The van der Waals surface area contributed by atoms with Crippen LogP contribution in [0.2, 0.25) is 0 Å². The first-order valence-electron chi connectivity index (χ1n) is 9.63. The Morgan fingerprint density at radius 1 is 1.15 bits per heavy atom. The summed E-state index contributed by atoms with van der Waals surface area (Å²) in [4.78, 5) is 27.7. The number of hydrogen-bond acceptors (Lipinski definition) is 4. The van der Waals surface area contributed by atoms with Gasteiger partial charge in [-0.2, -0.15) is 5.10 Å². The Bertz CT molecular complexity index is 874. The van der Waals surface area contributed by atoms with Crippen LogP contribution in [0, 0.1) is 5.92 Å². The van der Waals surface area contributed by atoms with Gasteiger partial charge in [-0.05, 0) is 50.8 Å². The molecule has 2 aromatic rings. The fraction of sp³-hybridized carbons (Fsp3) is 0.550. The minimum absolute atomic E-state index is 0.178. The molecule has 6 nitrogen and oxygen atoms in total. The molecule has 3 heterocycles. The molecule has 2 saturated heterocycles. The minimum Gasteiger partial charge on any atom is -0.350 e. The SMILES string of the molecule is Cn1nc(C(=O)NC[C@@H]2CCCN3CCCC[C@H]23)c2ccccc2c1=O. The molecule has 0 bridgehead atoms. The van der Waals surface area contributed by atoms with Gasteiger partial charge in [0.1, 0.15) is 0 Å². The Kier molecular flexibility index (Phi) is 4.76. The summed E-state index contributed by atoms with van der Waals surface area (Å²) in [7, 11) is 1.59. The lowest BCUT2D eigenvalue weighted by atomic mass is 9.83. The van der Waals surface area contributed by atoms with Crippen molar-refractivity contribution in [3.63, 3.8) is 0 Å². The van der Waals surface area contributed by atoms with Crippen LogP contribution < -0.4 is 10.9 Å². The number of piperidine rings is 2. The molecule has 2 fully saturated rings. The number of rotatable bonds is 3. The van der Waals surface area contributed by atoms with Gasteiger partial charge in [0, 0.05) is 25.0 Å². The summed E-state index contributed by atoms with van der Waals surface area (Å²) >= 11 is 0. The van der Waals surface area contributed by atoms with Gasteiger partial charge in [-0.15, -0.1) is 0 Å². The van der Waals surface area contributed by atoms with Crippen LogP contribution in [0.15, 0.2) is 29.1 Å². The number of nitrogens with one attached hydrogen (secondary N) is 1. The monoisotopic (exact) mass is 354 g/mol. The predicted octanol–water partition coefficient (Wildman–Crippen LogP) is 1.93. The van der Waals surface area contributed by atoms with E-state index in [1.807, 2.05) is 12.1 Å². The summed E-state index contributed by atoms with van der Waals surface area (Å²) in [5.41, 5.74) is 0.154. The minimum atomic E-state index is -0.190. The predicted molar refractivity (Wildman–Crippen MR) is 101 cm³/mol. The maximum atomic E-state index is 12.8. The van der Waals surface area contributed by atoms with Gasteiger partial charge in [0.2, 0.25) is 0 Å². The number of amides is 1. The topological polar surface area (TPSA) is 67.2 Å². The molecule has 2 aliphatic rings. The highest BCUT2D eigenvalue weighted by atomic mass is 16.2. The molecular formula is C20H26N4O2. The third kappa shape index (κ3) is 3.14. The number of hydrogen-bond donors (Lipinski definition) is 1. The van der Waals surface area contributed by atoms with Gasteiger partial charge in [0.05, 0.1) is 5.39 Å². The Hall–Kier alpha value is -2.21. The van der Waals surface area contributed by atoms with E-state index in [1.54, 1.807) is 19.2 Å². The quantitative estimate of drug-likeness (QED) is 0.915. The van der Waals surface area contributed by atoms with E-state index in [1.165, 1.54) is 49.9 Å². The van der Waals surface area contributed by atoms with E-state index in [0.29, 0.717) is 35.0 Å². The molecule has 2 aliphatic heterocycles. The van der Waals surface area contributed by atoms with Gasteiger partial charge in [-0.1, -0.05) is 24.6 Å². The van der Waals surface area contributed by atoms with E-state index >= 15 is 0 Å². The standard InChI is InChI=1S/C20H26N4O2/c1-23-20(26)16-9-3-2-8-15(16)18(22-23)19(25)21-13-14-7-6-12-24-11-5-4-10-17(14)24/h2-3,8-9,14,17H,4-7,10-13H2,1H3,(H,21,25)/t14-,17+/m0/s1. The van der Waals surface area contributed by atoms with Gasteiger partial charge in [-0.25, -0.2) is 4.68 Å². The number of aryl methyl sites for hydroxylation is 1. The Balaban J connectivity index is 1.53. The second-order valence-electron chi connectivity index (χ2n) is 7.53. The van der Waals surface area contributed by atoms with Crippen molar-refractivity contribution in [3.8, 4) is 0 Å². The summed E-state index contributed by atoms with van der Waals surface area (Å²) in [6, 6.07) is 7.79. The molecule has 1 aromatic carbocycles. The second-order valence-corrected chi connectivity index (χ2v) is 7.53. The van der Waals surface area contributed by atoms with Crippen molar-refractivity contribution in [2.75, 3.05) is 19.6 Å². The summed E-state index contributed by atoms with van der Waals surface area (Å²) in [5, 5.41) is 8.48. The average molecular weight is 354 g/mol. The first-order chi connectivity index (χ1) is 12.6. The maximum absolute atomic E-state index is 12.8. The summed E-state index contributed by atoms with van der Waals surface area (Å²) in [6.45, 7) is 3.07. The molecule has 26 heavy (non-hydrogen) atoms. The van der Waals surface area contributed by atoms with Gasteiger partial charge in [0.25, 0.3) is 11.5 Å². The molecular weight excluding hydrogens is 328 g/mol. The largest absolute Gasteiger partial charge is 0.350 e. The van der Waals surface area contributed by atoms with Crippen molar-refractivity contribution in [1.29, 1.82) is 0 Å². The van der Waals surface area contributed by atoms with Gasteiger partial charge >= 0.3 is 0 Å². The molecule has 0 spiro atoms. The zero-order valence-electron chi connectivity index (χ0n) is 15.3. The van der Waals surface area contributed by atoms with Crippen LogP contribution in [0.3, 0.4) is 0 Å². The lowest BCUT2D eigenvalue weighted by molar-refractivity contribution is 0.0575. The van der Waals surface area contributed by atoms with Crippen LogP contribution in [0.4, 0.5) is 0 Å². The third-order valence-electron chi connectivity index (χ3n) is 5.93. The van der Waals surface area contributed by atoms with E-state index in [-0.39, 0.29) is 11.5 Å². The number of nitrogens with zero attached hydrogens (tertiary/aromatic N) is 3. The zero-order valence-corrected chi connectivity index (χ0v) is 15.3. The van der Waals surface area contributed by atoms with Crippen LogP contribution in [0.25, 0.3) is 10.8 Å². The Morgan fingerprint density at radius 2 is 1.92 bits per heavy atom. The summed E-state index contributed by atoms with van der Waals surface area (Å²) < 4.78 is 1.25. The van der Waals surface area contributed by atoms with Crippen molar-refractivity contribution >= 4 is 16.7 Å². The second kappa shape index (κ2) is 7.19. The van der Waals surface area contributed by atoms with E-state index in [4.69, 9.17) is 0 Å². The molecule has 0 aliphatic carbocycles. The van der Waals surface area contributed by atoms with Crippen LogP contribution in [0.1, 0.15) is 42.6 Å². The van der Waals surface area contributed by atoms with E-state index < -0.39 is 0 Å². The van der Waals surface area contributed by atoms with E-state index in [2.05, 4.69) is 15.3 Å². The molecule has 0 radical (unpaired) electrons. The molecule has 1 amide bonds. The third-order valence-corrected chi connectivity index (χ3v) is 5.93. The van der Waals surface area contributed by atoms with Crippen LogP contribution in [0.5, 0.6) is 0 Å². The fourth-order valence-electron chi connectivity index (χ4n) is 4.59. The number of fused-ring (bicyclic) bond motifs is 2. The van der Waals surface area contributed by atoms with Crippen molar-refractivity contribution in [3.05, 3.63) is 40.3 Å². The molecule has 0 unspecified atom stereocenters. The zero-order chi connectivity index (χ0) is 18.1. The van der Waals surface area contributed by atoms with Crippen molar-refractivity contribution in [2.45, 2.75) is 38.1 Å². The Morgan fingerprint density at radius 3 is 2.77 bits per heavy atom. The number of aromatic nitrogens is 2. The fourth-order valence-corrected chi connectivity index (χ4v) is 4.59. The van der Waals surface area contributed by atoms with Crippen molar-refractivity contribution < 1.29 is 4.79 Å². The lowest BCUT2D eigenvalue weighted by Crippen LogP contribution is -2.51. The highest BCUT2D eigenvalue weighted by Gasteiger charge is 2.33. The molecule has 2 atom stereocenters. The smallest absolute Gasteiger partial charge is 0.274 e. The highest BCUT2D eigenvalue weighted by molar-refractivity contribution is 6.04. The molecule has 4 rings (SSSR count). The van der Waals surface area contributed by atoms with Crippen molar-refractivity contribution in [2.24, 2.45) is 13.0 Å². The average Bonchev–Trinajstić information content (AvgIpc) is 2.69. The van der Waals surface area contributed by atoms with E-state index in [0.717, 1.165) is 0 Å². The first kappa shape index (κ1) is 17.2. The molecule has 1 N–H and O–H groups in total. The number of carbonyl (C=O) groups is 1.